The van der Waals surface area contributed by atoms with Crippen LogP contribution < -0.4 is 5.32 Å². The highest BCUT2D eigenvalue weighted by Crippen LogP contribution is 2.30. The number of hydrogen-bond acceptors (Lipinski definition) is 4. The van der Waals surface area contributed by atoms with Gasteiger partial charge in [-0.05, 0) is 27.2 Å². The zero-order valence-corrected chi connectivity index (χ0v) is 10.3. The molecule has 15 heavy (non-hydrogen) atoms. The quantitative estimate of drug-likeness (QED) is 0.751. The molecule has 0 aliphatic carbocycles. The number of thioether (sulfide) groups is 1. The van der Waals surface area contributed by atoms with E-state index in [4.69, 9.17) is 4.74 Å². The fourth-order valence-corrected chi connectivity index (χ4v) is 2.40. The van der Waals surface area contributed by atoms with E-state index in [1.165, 1.54) is 11.8 Å². The van der Waals surface area contributed by atoms with Crippen LogP contribution >= 0.6 is 11.8 Å². The smallest absolute Gasteiger partial charge is 0.408 e. The third kappa shape index (κ3) is 4.11. The van der Waals surface area contributed by atoms with Crippen LogP contribution in [0.5, 0.6) is 0 Å². The molecule has 0 saturated carbocycles. The Morgan fingerprint density at radius 2 is 2.13 bits per heavy atom. The van der Waals surface area contributed by atoms with Gasteiger partial charge in [-0.25, -0.2) is 4.79 Å². The molecular weight excluding hydrogens is 214 g/mol. The predicted molar refractivity (Wildman–Crippen MR) is 59.5 cm³/mol. The highest BCUT2D eigenvalue weighted by molar-refractivity contribution is 8.14. The van der Waals surface area contributed by atoms with Gasteiger partial charge in [0.05, 0.1) is 5.37 Å². The van der Waals surface area contributed by atoms with Crippen molar-refractivity contribution in [2.75, 3.05) is 0 Å². The zero-order chi connectivity index (χ0) is 11.6. The van der Waals surface area contributed by atoms with Gasteiger partial charge in [-0.2, -0.15) is 0 Å². The topological polar surface area (TPSA) is 55.4 Å². The number of hydrogen-bond donors (Lipinski definition) is 1. The van der Waals surface area contributed by atoms with Crippen molar-refractivity contribution in [2.24, 2.45) is 5.92 Å². The number of alkyl carbamates (subject to hydrolysis) is 1. The average Bonchev–Trinajstić information content (AvgIpc) is 2.26. The van der Waals surface area contributed by atoms with Crippen molar-refractivity contribution >= 4 is 23.0 Å². The van der Waals surface area contributed by atoms with E-state index in [1.807, 2.05) is 27.7 Å². The molecular formula is C10H17NO3S. The van der Waals surface area contributed by atoms with Crippen LogP contribution in [-0.4, -0.2) is 22.2 Å². The fraction of sp³-hybridized carbons (Fsp3) is 0.800. The summed E-state index contributed by atoms with van der Waals surface area (Å²) < 4.78 is 5.10. The summed E-state index contributed by atoms with van der Waals surface area (Å²) in [4.78, 5) is 22.6. The lowest BCUT2D eigenvalue weighted by atomic mass is 10.1. The van der Waals surface area contributed by atoms with Crippen molar-refractivity contribution in [3.05, 3.63) is 0 Å². The van der Waals surface area contributed by atoms with E-state index in [-0.39, 0.29) is 16.4 Å². The fourth-order valence-electron chi connectivity index (χ4n) is 1.25. The van der Waals surface area contributed by atoms with E-state index in [2.05, 4.69) is 5.32 Å². The van der Waals surface area contributed by atoms with Gasteiger partial charge in [-0.15, -0.1) is 0 Å². The number of rotatable bonds is 1. The third-order valence-corrected chi connectivity index (χ3v) is 3.14. The minimum Gasteiger partial charge on any atom is -0.444 e. The molecule has 2 unspecified atom stereocenters. The van der Waals surface area contributed by atoms with Crippen molar-refractivity contribution in [3.63, 3.8) is 0 Å². The molecule has 0 aromatic rings. The Kier molecular flexibility index (Phi) is 3.65. The van der Waals surface area contributed by atoms with E-state index < -0.39 is 11.7 Å². The number of nitrogens with one attached hydrogen (secondary N) is 1. The second kappa shape index (κ2) is 4.43. The van der Waals surface area contributed by atoms with Crippen LogP contribution in [0.2, 0.25) is 0 Å². The SMILES string of the molecule is CC1CC(NC(=O)OC(C)(C)C)SC1=O. The maximum absolute atomic E-state index is 11.4. The van der Waals surface area contributed by atoms with Crippen LogP contribution in [0.25, 0.3) is 0 Å². The standard InChI is InChI=1S/C10H17NO3S/c1-6-5-7(15-8(6)12)11-9(13)14-10(2,3)4/h6-7H,5H2,1-4H3,(H,11,13). The van der Waals surface area contributed by atoms with Gasteiger partial charge in [0.15, 0.2) is 5.12 Å². The maximum Gasteiger partial charge on any atom is 0.408 e. The summed E-state index contributed by atoms with van der Waals surface area (Å²) in [6, 6.07) is 0. The van der Waals surface area contributed by atoms with Crippen LogP contribution in [0.1, 0.15) is 34.1 Å². The molecule has 5 heteroatoms. The molecule has 1 heterocycles. The molecule has 0 aromatic carbocycles. The molecule has 1 saturated heterocycles. The van der Waals surface area contributed by atoms with Gasteiger partial charge in [-0.1, -0.05) is 18.7 Å². The summed E-state index contributed by atoms with van der Waals surface area (Å²) in [7, 11) is 0. The first-order valence-electron chi connectivity index (χ1n) is 4.98. The normalized spacial score (nSPS) is 26.5. The highest BCUT2D eigenvalue weighted by atomic mass is 32.2. The predicted octanol–water partition coefficient (Wildman–Crippen LogP) is 2.14. The molecule has 0 bridgehead atoms. The summed E-state index contributed by atoms with van der Waals surface area (Å²) in [5, 5.41) is 2.68. The molecule has 4 nitrogen and oxygen atoms in total. The van der Waals surface area contributed by atoms with Gasteiger partial charge in [0, 0.05) is 5.92 Å². The minimum absolute atomic E-state index is 0.0231. The highest BCUT2D eigenvalue weighted by Gasteiger charge is 2.32. The summed E-state index contributed by atoms with van der Waals surface area (Å²) in [5.41, 5.74) is -0.497. The van der Waals surface area contributed by atoms with Gasteiger partial charge >= 0.3 is 6.09 Å². The van der Waals surface area contributed by atoms with E-state index >= 15 is 0 Å². The number of ether oxygens (including phenoxy) is 1. The summed E-state index contributed by atoms with van der Waals surface area (Å²) >= 11 is 1.18. The molecule has 1 aliphatic heterocycles. The monoisotopic (exact) mass is 231 g/mol. The van der Waals surface area contributed by atoms with Crippen molar-refractivity contribution in [2.45, 2.75) is 45.1 Å². The Balaban J connectivity index is 2.37. The van der Waals surface area contributed by atoms with Crippen LogP contribution in [-0.2, 0) is 9.53 Å². The van der Waals surface area contributed by atoms with E-state index in [9.17, 15) is 9.59 Å². The summed E-state index contributed by atoms with van der Waals surface area (Å²) in [5.74, 6) is 0.0231. The van der Waals surface area contributed by atoms with Crippen molar-refractivity contribution in [1.29, 1.82) is 0 Å². The molecule has 86 valence electrons. The average molecular weight is 231 g/mol. The molecule has 1 rings (SSSR count). The Morgan fingerprint density at radius 3 is 2.53 bits per heavy atom. The van der Waals surface area contributed by atoms with Gasteiger partial charge < -0.3 is 10.1 Å². The first kappa shape index (κ1) is 12.4. The Morgan fingerprint density at radius 1 is 1.53 bits per heavy atom. The van der Waals surface area contributed by atoms with Gasteiger partial charge in [0.1, 0.15) is 5.60 Å². The largest absolute Gasteiger partial charge is 0.444 e. The van der Waals surface area contributed by atoms with Gasteiger partial charge in [0.2, 0.25) is 0 Å². The summed E-state index contributed by atoms with van der Waals surface area (Å²) in [6.07, 6.45) is 0.227. The lowest BCUT2D eigenvalue weighted by Crippen LogP contribution is -2.36. The molecule has 0 radical (unpaired) electrons. The number of carbonyl (C=O) groups is 2. The van der Waals surface area contributed by atoms with Gasteiger partial charge in [0.25, 0.3) is 0 Å². The zero-order valence-electron chi connectivity index (χ0n) is 9.49. The van der Waals surface area contributed by atoms with E-state index in [1.54, 1.807) is 0 Å². The molecule has 1 amide bonds. The van der Waals surface area contributed by atoms with Crippen LogP contribution in [0.15, 0.2) is 0 Å². The maximum atomic E-state index is 11.4. The molecule has 0 spiro atoms. The first-order chi connectivity index (χ1) is 6.78. The second-order valence-corrected chi connectivity index (χ2v) is 5.92. The lowest BCUT2D eigenvalue weighted by molar-refractivity contribution is -0.113. The molecule has 0 aromatic heterocycles. The molecule has 1 N–H and O–H groups in total. The first-order valence-corrected chi connectivity index (χ1v) is 5.86. The van der Waals surface area contributed by atoms with Gasteiger partial charge in [-0.3, -0.25) is 4.79 Å². The minimum atomic E-state index is -0.497. The number of carbonyl (C=O) groups excluding carboxylic acids is 2. The Labute approximate surface area is 94.1 Å². The van der Waals surface area contributed by atoms with Crippen LogP contribution in [0.4, 0.5) is 4.79 Å². The molecule has 2 atom stereocenters. The Bertz CT molecular complexity index is 272. The van der Waals surface area contributed by atoms with E-state index in [0.717, 1.165) is 0 Å². The summed E-state index contributed by atoms with van der Waals surface area (Å²) in [6.45, 7) is 7.29. The third-order valence-electron chi connectivity index (χ3n) is 1.91. The van der Waals surface area contributed by atoms with E-state index in [0.29, 0.717) is 6.42 Å². The van der Waals surface area contributed by atoms with Crippen molar-refractivity contribution < 1.29 is 14.3 Å². The molecule has 1 aliphatic rings. The Hall–Kier alpha value is -0.710. The lowest BCUT2D eigenvalue weighted by Gasteiger charge is -2.21. The molecule has 1 fully saturated rings. The van der Waals surface area contributed by atoms with Crippen LogP contribution in [0, 0.1) is 5.92 Å². The second-order valence-electron chi connectivity index (χ2n) is 4.71. The van der Waals surface area contributed by atoms with Crippen LogP contribution in [0.3, 0.4) is 0 Å². The van der Waals surface area contributed by atoms with Crippen molar-refractivity contribution in [1.82, 2.24) is 5.32 Å². The van der Waals surface area contributed by atoms with Crippen molar-refractivity contribution in [3.8, 4) is 0 Å². The number of amides is 1.